The number of rotatable bonds is 15. The van der Waals surface area contributed by atoms with Gasteiger partial charge in [0, 0.05) is 24.2 Å². The predicted molar refractivity (Wildman–Crippen MR) is 125 cm³/mol. The Kier molecular flexibility index (Phi) is 20.0. The van der Waals surface area contributed by atoms with Gasteiger partial charge in [-0.1, -0.05) is 40.9 Å². The van der Waals surface area contributed by atoms with Crippen LogP contribution < -0.4 is 10.6 Å². The summed E-state index contributed by atoms with van der Waals surface area (Å²) < 4.78 is 0. The Hall–Kier alpha value is -1.66. The highest BCUT2D eigenvalue weighted by Gasteiger charge is 2.02. The van der Waals surface area contributed by atoms with Crippen LogP contribution in [0.3, 0.4) is 0 Å². The van der Waals surface area contributed by atoms with Crippen LogP contribution in [0.5, 0.6) is 0 Å². The fraction of sp³-hybridized carbons (Fsp3) is 0.739. The van der Waals surface area contributed by atoms with Crippen LogP contribution in [0.4, 0.5) is 0 Å². The Morgan fingerprint density at radius 1 is 0.655 bits per heavy atom. The molecule has 6 nitrogen and oxygen atoms in total. The minimum atomic E-state index is -0.0375. The van der Waals surface area contributed by atoms with E-state index in [1.807, 2.05) is 0 Å². The topological polar surface area (TPSA) is 64.7 Å². The van der Waals surface area contributed by atoms with Crippen molar-refractivity contribution < 1.29 is 9.59 Å². The van der Waals surface area contributed by atoms with Gasteiger partial charge in [-0.3, -0.25) is 9.59 Å². The molecule has 0 heterocycles. The summed E-state index contributed by atoms with van der Waals surface area (Å²) in [4.78, 5) is 27.0. The number of unbranched alkanes of at least 4 members (excludes halogenated alkanes) is 1. The maximum atomic E-state index is 11.1. The van der Waals surface area contributed by atoms with Crippen molar-refractivity contribution in [2.24, 2.45) is 0 Å². The van der Waals surface area contributed by atoms with Crippen LogP contribution >= 0.6 is 0 Å². The molecule has 0 aromatic heterocycles. The number of carbonyl (C=O) groups is 2. The molecule has 0 aliphatic heterocycles. The predicted octanol–water partition coefficient (Wildman–Crippen LogP) is 3.21. The highest BCUT2D eigenvalue weighted by molar-refractivity contribution is 5.92. The summed E-state index contributed by atoms with van der Waals surface area (Å²) >= 11 is 0. The van der Waals surface area contributed by atoms with Crippen molar-refractivity contribution in [2.75, 3.05) is 52.4 Å². The molecule has 0 aromatic carbocycles. The summed E-state index contributed by atoms with van der Waals surface area (Å²) in [6, 6.07) is 0. The molecule has 0 spiro atoms. The molecule has 6 heteroatoms. The molecule has 0 atom stereocenters. The second kappa shape index (κ2) is 19.6. The summed E-state index contributed by atoms with van der Waals surface area (Å²) in [6.45, 7) is 27.3. The monoisotopic (exact) mass is 410 g/mol. The second-order valence-corrected chi connectivity index (χ2v) is 7.19. The maximum Gasteiger partial charge on any atom is 0.246 e. The van der Waals surface area contributed by atoms with E-state index in [0.29, 0.717) is 11.1 Å². The zero-order valence-electron chi connectivity index (χ0n) is 19.9. The Balaban J connectivity index is 0. The minimum Gasteiger partial charge on any atom is -0.352 e. The van der Waals surface area contributed by atoms with E-state index < -0.39 is 0 Å². The quantitative estimate of drug-likeness (QED) is 0.321. The van der Waals surface area contributed by atoms with Crippen molar-refractivity contribution in [3.05, 3.63) is 24.3 Å². The Morgan fingerprint density at radius 3 is 1.34 bits per heavy atom. The zero-order chi connectivity index (χ0) is 22.7. The number of nitrogens with zero attached hydrogens (tertiary/aromatic N) is 2. The van der Waals surface area contributed by atoms with Gasteiger partial charge in [0.2, 0.25) is 11.8 Å². The molecule has 170 valence electrons. The van der Waals surface area contributed by atoms with Gasteiger partial charge < -0.3 is 20.4 Å². The molecule has 0 unspecified atom stereocenters. The second-order valence-electron chi connectivity index (χ2n) is 7.19. The number of hydrogen-bond acceptors (Lipinski definition) is 4. The normalized spacial score (nSPS) is 10.3. The van der Waals surface area contributed by atoms with E-state index in [-0.39, 0.29) is 11.8 Å². The number of nitrogens with one attached hydrogen (secondary N) is 2. The van der Waals surface area contributed by atoms with Crippen LogP contribution in [0.25, 0.3) is 0 Å². The summed E-state index contributed by atoms with van der Waals surface area (Å²) in [7, 11) is 0. The Labute approximate surface area is 179 Å². The molecule has 2 amide bonds. The van der Waals surface area contributed by atoms with Crippen molar-refractivity contribution in [1.82, 2.24) is 20.4 Å². The lowest BCUT2D eigenvalue weighted by molar-refractivity contribution is -0.118. The zero-order valence-corrected chi connectivity index (χ0v) is 19.9. The van der Waals surface area contributed by atoms with Gasteiger partial charge in [-0.15, -0.1) is 0 Å². The largest absolute Gasteiger partial charge is 0.352 e. The van der Waals surface area contributed by atoms with Gasteiger partial charge in [-0.25, -0.2) is 0 Å². The summed E-state index contributed by atoms with van der Waals surface area (Å²) in [6.07, 6.45) is 3.17. The van der Waals surface area contributed by atoms with Crippen molar-refractivity contribution in [2.45, 2.75) is 60.8 Å². The van der Waals surface area contributed by atoms with Crippen molar-refractivity contribution in [1.29, 1.82) is 0 Å². The van der Waals surface area contributed by atoms with Crippen LogP contribution in [0.15, 0.2) is 24.3 Å². The Bertz CT molecular complexity index is 469. The third kappa shape index (κ3) is 18.1. The van der Waals surface area contributed by atoms with Crippen LogP contribution in [-0.4, -0.2) is 74.0 Å². The first-order chi connectivity index (χ1) is 13.7. The third-order valence-corrected chi connectivity index (χ3v) is 4.69. The Morgan fingerprint density at radius 2 is 1.00 bits per heavy atom. The smallest absolute Gasteiger partial charge is 0.246 e. The molecule has 0 rings (SSSR count). The van der Waals surface area contributed by atoms with E-state index in [4.69, 9.17) is 0 Å². The first kappa shape index (κ1) is 29.5. The standard InChI is InChI=1S/C12H24N2O.C11H22N2O/c1-5-14(6-2)10-8-7-9-13-12(15)11(3)4;1-5-13(6-2)9-7-8-12-11(14)10(3)4/h3,5-10H2,1-2,4H3,(H,13,15);3,5-9H2,1-2,4H3,(H,12,14). The number of hydrogen-bond donors (Lipinski definition) is 2. The molecule has 0 saturated heterocycles. The lowest BCUT2D eigenvalue weighted by Gasteiger charge is -2.17. The molecular weight excluding hydrogens is 364 g/mol. The van der Waals surface area contributed by atoms with E-state index in [9.17, 15) is 9.59 Å². The van der Waals surface area contributed by atoms with Crippen LogP contribution in [0.2, 0.25) is 0 Å². The lowest BCUT2D eigenvalue weighted by atomic mass is 10.2. The van der Waals surface area contributed by atoms with E-state index in [1.54, 1.807) is 13.8 Å². The molecule has 0 saturated carbocycles. The first-order valence-electron chi connectivity index (χ1n) is 11.0. The summed E-state index contributed by atoms with van der Waals surface area (Å²) in [5.41, 5.74) is 1.16. The molecule has 0 radical (unpaired) electrons. The lowest BCUT2D eigenvalue weighted by Crippen LogP contribution is -2.30. The van der Waals surface area contributed by atoms with Gasteiger partial charge in [-0.2, -0.15) is 0 Å². The molecule has 2 N–H and O–H groups in total. The van der Waals surface area contributed by atoms with Gasteiger partial charge in [-0.05, 0) is 72.4 Å². The number of carbonyl (C=O) groups excluding carboxylic acids is 2. The molecule has 0 aliphatic rings. The first-order valence-corrected chi connectivity index (χ1v) is 11.0. The molecule has 29 heavy (non-hydrogen) atoms. The van der Waals surface area contributed by atoms with Crippen LogP contribution in [0, 0.1) is 0 Å². The fourth-order valence-electron chi connectivity index (χ4n) is 2.55. The summed E-state index contributed by atoms with van der Waals surface area (Å²) in [5.74, 6) is -0.0672. The van der Waals surface area contributed by atoms with Gasteiger partial charge in [0.25, 0.3) is 0 Å². The van der Waals surface area contributed by atoms with Gasteiger partial charge in [0.15, 0.2) is 0 Å². The highest BCUT2D eigenvalue weighted by atomic mass is 16.2. The van der Waals surface area contributed by atoms with Crippen LogP contribution in [0.1, 0.15) is 60.8 Å². The number of amides is 2. The average Bonchev–Trinajstić information content (AvgIpc) is 2.70. The molecule has 0 fully saturated rings. The minimum absolute atomic E-state index is 0.0298. The van der Waals surface area contributed by atoms with Gasteiger partial charge in [0.05, 0.1) is 0 Å². The highest BCUT2D eigenvalue weighted by Crippen LogP contribution is 1.95. The summed E-state index contributed by atoms with van der Waals surface area (Å²) in [5, 5.41) is 5.66. The SMILES string of the molecule is C=C(C)C(=O)NCCCCN(CC)CC.C=C(C)C(=O)NCCCN(CC)CC. The average molecular weight is 411 g/mol. The van der Waals surface area contributed by atoms with Crippen LogP contribution in [-0.2, 0) is 9.59 Å². The molecule has 0 bridgehead atoms. The van der Waals surface area contributed by atoms with E-state index >= 15 is 0 Å². The van der Waals surface area contributed by atoms with Gasteiger partial charge >= 0.3 is 0 Å². The van der Waals surface area contributed by atoms with Crippen molar-refractivity contribution in [3.8, 4) is 0 Å². The van der Waals surface area contributed by atoms with E-state index in [1.165, 1.54) is 0 Å². The molecule has 0 aromatic rings. The molecular formula is C23H46N4O2. The van der Waals surface area contributed by atoms with E-state index in [0.717, 1.165) is 71.6 Å². The third-order valence-electron chi connectivity index (χ3n) is 4.69. The van der Waals surface area contributed by atoms with E-state index in [2.05, 4.69) is 61.3 Å². The van der Waals surface area contributed by atoms with Gasteiger partial charge in [0.1, 0.15) is 0 Å². The van der Waals surface area contributed by atoms with Crippen molar-refractivity contribution >= 4 is 11.8 Å². The fourth-order valence-corrected chi connectivity index (χ4v) is 2.55. The molecule has 0 aliphatic carbocycles. The maximum absolute atomic E-state index is 11.1. The van der Waals surface area contributed by atoms with Crippen molar-refractivity contribution in [3.63, 3.8) is 0 Å².